The molecule has 3 heteroatoms. The molecule has 3 aliphatic carbocycles. The molecule has 0 unspecified atom stereocenters. The third-order valence-electron chi connectivity index (χ3n) is 8.32. The Bertz CT molecular complexity index is 663. The van der Waals surface area contributed by atoms with Crippen LogP contribution in [0.5, 0.6) is 0 Å². The van der Waals surface area contributed by atoms with Gasteiger partial charge in [-0.15, -0.1) is 0 Å². The molecule has 2 nitrogen and oxygen atoms in total. The van der Waals surface area contributed by atoms with Gasteiger partial charge in [0.1, 0.15) is 0 Å². The van der Waals surface area contributed by atoms with Crippen LogP contribution in [0.25, 0.3) is 0 Å². The van der Waals surface area contributed by atoms with Crippen LogP contribution in [-0.4, -0.2) is 17.9 Å². The molecular formula is C23H40O2S. The number of rotatable bonds is 5. The average molecular weight is 381 g/mol. The summed E-state index contributed by atoms with van der Waals surface area (Å²) in [7, 11) is -3.09. The van der Waals surface area contributed by atoms with Crippen molar-refractivity contribution in [2.24, 2.45) is 23.2 Å². The number of fused-ring (bicyclic) bond motifs is 1. The summed E-state index contributed by atoms with van der Waals surface area (Å²) in [5.74, 6) is 2.15. The molecule has 0 aromatic heterocycles. The molecule has 0 aliphatic heterocycles. The first-order valence-electron chi connectivity index (χ1n) is 10.9. The molecule has 0 aromatic carbocycles. The number of hydrogen-bond acceptors (Lipinski definition) is 2. The first kappa shape index (κ1) is 20.4. The fraction of sp³-hybridized carbons (Fsp3) is 0.913. The quantitative estimate of drug-likeness (QED) is 0.524. The van der Waals surface area contributed by atoms with E-state index in [1.165, 1.54) is 25.7 Å². The van der Waals surface area contributed by atoms with Crippen molar-refractivity contribution in [2.45, 2.75) is 109 Å². The Kier molecular flexibility index (Phi) is 5.21. The van der Waals surface area contributed by atoms with Gasteiger partial charge in [-0.3, -0.25) is 0 Å². The van der Waals surface area contributed by atoms with E-state index < -0.39 is 19.3 Å². The lowest BCUT2D eigenvalue weighted by molar-refractivity contribution is 0.109. The molecule has 0 spiro atoms. The van der Waals surface area contributed by atoms with Gasteiger partial charge < -0.3 is 0 Å². The van der Waals surface area contributed by atoms with Gasteiger partial charge in [0.05, 0.1) is 9.49 Å². The lowest BCUT2D eigenvalue weighted by Gasteiger charge is -2.47. The Morgan fingerprint density at radius 3 is 2.38 bits per heavy atom. The van der Waals surface area contributed by atoms with Crippen LogP contribution in [0.15, 0.2) is 11.6 Å². The molecule has 4 atom stereocenters. The van der Waals surface area contributed by atoms with E-state index in [2.05, 4.69) is 26.8 Å². The summed E-state index contributed by atoms with van der Waals surface area (Å²) >= 11 is 0. The van der Waals surface area contributed by atoms with E-state index in [-0.39, 0.29) is 0 Å². The Morgan fingerprint density at radius 2 is 1.85 bits per heavy atom. The molecule has 2 fully saturated rings. The second-order valence-corrected chi connectivity index (χ2v) is 14.0. The van der Waals surface area contributed by atoms with Crippen molar-refractivity contribution in [3.8, 4) is 0 Å². The number of allylic oxidation sites excluding steroid dienone is 2. The summed E-state index contributed by atoms with van der Waals surface area (Å²) < 4.78 is 25.3. The van der Waals surface area contributed by atoms with Gasteiger partial charge in [0.2, 0.25) is 0 Å². The molecule has 0 aromatic rings. The van der Waals surface area contributed by atoms with Crippen molar-refractivity contribution in [1.29, 1.82) is 0 Å². The maximum atomic E-state index is 13.2. The highest BCUT2D eigenvalue weighted by Crippen LogP contribution is 2.57. The van der Waals surface area contributed by atoms with Crippen LogP contribution in [-0.2, 0) is 9.84 Å². The zero-order chi connectivity index (χ0) is 19.4. The highest BCUT2D eigenvalue weighted by atomic mass is 32.2. The summed E-state index contributed by atoms with van der Waals surface area (Å²) in [4.78, 5) is 0. The molecule has 2 saturated carbocycles. The molecule has 0 saturated heterocycles. The Labute approximate surface area is 162 Å². The van der Waals surface area contributed by atoms with E-state index >= 15 is 0 Å². The van der Waals surface area contributed by atoms with Gasteiger partial charge >= 0.3 is 0 Å². The fourth-order valence-corrected chi connectivity index (χ4v) is 8.93. The standard InChI is InChI=1S/C23H40O2S/c1-17-9-7-13-22(6)19(17)10-11-20(22)18(2)12-16-23(14-8-15-23)26(24,25)21(3,4)5/h11,17-19H,7-10,12-16H2,1-6H3/t17-,18+,19-,22-/m0/s1. The molecule has 0 heterocycles. The lowest BCUT2D eigenvalue weighted by atomic mass is 9.60. The Balaban J connectivity index is 1.72. The van der Waals surface area contributed by atoms with Gasteiger partial charge in [-0.05, 0) is 82.5 Å². The fourth-order valence-electron chi connectivity index (χ4n) is 6.42. The van der Waals surface area contributed by atoms with Gasteiger partial charge in [-0.2, -0.15) is 0 Å². The van der Waals surface area contributed by atoms with Crippen molar-refractivity contribution >= 4 is 9.84 Å². The van der Waals surface area contributed by atoms with Crippen LogP contribution in [0.4, 0.5) is 0 Å². The molecule has 0 radical (unpaired) electrons. The maximum absolute atomic E-state index is 13.2. The predicted molar refractivity (Wildman–Crippen MR) is 111 cm³/mol. The summed E-state index contributed by atoms with van der Waals surface area (Å²) in [6.07, 6.45) is 12.5. The smallest absolute Gasteiger partial charge is 0.160 e. The van der Waals surface area contributed by atoms with E-state index in [0.717, 1.165) is 43.9 Å². The van der Waals surface area contributed by atoms with Gasteiger partial charge in [-0.25, -0.2) is 8.42 Å². The maximum Gasteiger partial charge on any atom is 0.160 e. The Hall–Kier alpha value is -0.310. The molecule has 3 rings (SSSR count). The highest BCUT2D eigenvalue weighted by Gasteiger charge is 2.53. The molecular weight excluding hydrogens is 340 g/mol. The molecule has 0 bridgehead atoms. The summed E-state index contributed by atoms with van der Waals surface area (Å²) in [6, 6.07) is 0. The largest absolute Gasteiger partial charge is 0.228 e. The van der Waals surface area contributed by atoms with Crippen LogP contribution in [0.3, 0.4) is 0 Å². The molecule has 0 N–H and O–H groups in total. The van der Waals surface area contributed by atoms with Crippen LogP contribution >= 0.6 is 0 Å². The van der Waals surface area contributed by atoms with Crippen LogP contribution in [0.2, 0.25) is 0 Å². The van der Waals surface area contributed by atoms with Gasteiger partial charge in [-0.1, -0.05) is 51.7 Å². The summed E-state index contributed by atoms with van der Waals surface area (Å²) in [5, 5.41) is 0. The van der Waals surface area contributed by atoms with Gasteiger partial charge in [0.15, 0.2) is 9.84 Å². The average Bonchev–Trinajstić information content (AvgIpc) is 2.83. The van der Waals surface area contributed by atoms with Crippen molar-refractivity contribution in [3.05, 3.63) is 11.6 Å². The minimum atomic E-state index is -3.09. The number of sulfone groups is 1. The first-order valence-corrected chi connectivity index (χ1v) is 12.4. The minimum Gasteiger partial charge on any atom is -0.228 e. The van der Waals surface area contributed by atoms with Crippen LogP contribution in [0, 0.1) is 23.2 Å². The SMILES string of the molecule is C[C@H](CCC1(S(=O)(=O)C(C)(C)C)CCC1)C1=CC[C@H]2[C@@H](C)CCC[C@]12C. The zero-order valence-electron chi connectivity index (χ0n) is 17.9. The van der Waals surface area contributed by atoms with Gasteiger partial charge in [0, 0.05) is 0 Å². The second kappa shape index (κ2) is 6.64. The third kappa shape index (κ3) is 3.01. The van der Waals surface area contributed by atoms with Crippen molar-refractivity contribution in [3.63, 3.8) is 0 Å². The first-order chi connectivity index (χ1) is 11.9. The molecule has 3 aliphatic rings. The van der Waals surface area contributed by atoms with Crippen molar-refractivity contribution in [1.82, 2.24) is 0 Å². The van der Waals surface area contributed by atoms with E-state index in [9.17, 15) is 8.42 Å². The van der Waals surface area contributed by atoms with Crippen LogP contribution < -0.4 is 0 Å². The number of hydrogen-bond donors (Lipinski definition) is 0. The van der Waals surface area contributed by atoms with Crippen LogP contribution in [0.1, 0.15) is 99.3 Å². The summed E-state index contributed by atoms with van der Waals surface area (Å²) in [6.45, 7) is 12.9. The van der Waals surface area contributed by atoms with Crippen molar-refractivity contribution < 1.29 is 8.42 Å². The van der Waals surface area contributed by atoms with E-state index in [1.54, 1.807) is 5.57 Å². The minimum absolute atomic E-state index is 0.368. The van der Waals surface area contributed by atoms with E-state index in [4.69, 9.17) is 0 Å². The second-order valence-electron chi connectivity index (χ2n) is 10.9. The predicted octanol–water partition coefficient (Wildman–Crippen LogP) is 6.31. The normalized spacial score (nSPS) is 35.4. The summed E-state index contributed by atoms with van der Waals surface area (Å²) in [5.41, 5.74) is 2.02. The lowest BCUT2D eigenvalue weighted by Crippen LogP contribution is -2.52. The molecule has 0 amide bonds. The van der Waals surface area contributed by atoms with E-state index in [0.29, 0.717) is 11.3 Å². The van der Waals surface area contributed by atoms with Gasteiger partial charge in [0.25, 0.3) is 0 Å². The highest BCUT2D eigenvalue weighted by molar-refractivity contribution is 7.94. The third-order valence-corrected chi connectivity index (χ3v) is 11.7. The van der Waals surface area contributed by atoms with E-state index in [1.807, 2.05) is 20.8 Å². The monoisotopic (exact) mass is 380 g/mol. The molecule has 150 valence electrons. The van der Waals surface area contributed by atoms with Crippen molar-refractivity contribution in [2.75, 3.05) is 0 Å². The topological polar surface area (TPSA) is 34.1 Å². The Morgan fingerprint density at radius 1 is 1.19 bits per heavy atom. The molecule has 26 heavy (non-hydrogen) atoms. The zero-order valence-corrected chi connectivity index (χ0v) is 18.7.